The molecule has 1 rings (SSSR count). The second-order valence-electron chi connectivity index (χ2n) is 2.60. The summed E-state index contributed by atoms with van der Waals surface area (Å²) in [6.07, 6.45) is 2.44. The first-order valence-electron chi connectivity index (χ1n) is 3.91. The monoisotopic (exact) mass is 314 g/mol. The molecule has 1 aromatic rings. The Morgan fingerprint density at radius 3 is 2.67 bits per heavy atom. The van der Waals surface area contributed by atoms with Gasteiger partial charge in [0.2, 0.25) is 0 Å². The van der Waals surface area contributed by atoms with Crippen molar-refractivity contribution >= 4 is 36.0 Å². The number of hydrogen-bond donors (Lipinski definition) is 2. The molecule has 0 fully saturated rings. The fourth-order valence-electron chi connectivity index (χ4n) is 0.965. The minimum absolute atomic E-state index is 0. The third-order valence-corrected chi connectivity index (χ3v) is 1.62. The molecule has 0 saturated heterocycles. The molecule has 0 aliphatic rings. The first-order valence-corrected chi connectivity index (χ1v) is 3.91. The van der Waals surface area contributed by atoms with Crippen LogP contribution in [0.25, 0.3) is 6.08 Å². The number of phenols is 1. The summed E-state index contributed by atoms with van der Waals surface area (Å²) >= 11 is 0. The Morgan fingerprint density at radius 2 is 2.13 bits per heavy atom. The molecule has 0 spiro atoms. The van der Waals surface area contributed by atoms with Crippen molar-refractivity contribution in [2.45, 2.75) is 0 Å². The summed E-state index contributed by atoms with van der Waals surface area (Å²) in [7, 11) is 1.43. The van der Waals surface area contributed by atoms with Crippen molar-refractivity contribution in [2.24, 2.45) is 0 Å². The number of carboxylic acids is 1. The van der Waals surface area contributed by atoms with Gasteiger partial charge in [0, 0.05) is 30.0 Å². The van der Waals surface area contributed by atoms with Crippen LogP contribution in [-0.4, -0.2) is 47.2 Å². The van der Waals surface area contributed by atoms with Crippen LogP contribution in [0.4, 0.5) is 0 Å². The first-order chi connectivity index (χ1) is 6.63. The van der Waals surface area contributed by atoms with Gasteiger partial charge in [0.15, 0.2) is 11.5 Å². The fraction of sp³-hybridized carbons (Fsp3) is 0.100. The predicted molar refractivity (Wildman–Crippen MR) is 57.1 cm³/mol. The van der Waals surface area contributed by atoms with Crippen LogP contribution in [0, 0.1) is 0 Å². The van der Waals surface area contributed by atoms with Gasteiger partial charge in [0.05, 0.1) is 7.11 Å². The maximum atomic E-state index is 10.2. The van der Waals surface area contributed by atoms with E-state index in [1.54, 1.807) is 12.1 Å². The summed E-state index contributed by atoms with van der Waals surface area (Å²) in [4.78, 5) is 10.2. The number of aliphatic carboxylic acids is 1. The van der Waals surface area contributed by atoms with Crippen LogP contribution in [0.3, 0.4) is 0 Å². The number of carbonyl (C=O) groups is 1. The van der Waals surface area contributed by atoms with E-state index in [-0.39, 0.29) is 29.7 Å². The quantitative estimate of drug-likeness (QED) is 0.648. The van der Waals surface area contributed by atoms with Gasteiger partial charge in [0.1, 0.15) is 0 Å². The smallest absolute Gasteiger partial charge is 0.328 e. The van der Waals surface area contributed by atoms with Gasteiger partial charge in [-0.25, -0.2) is 4.79 Å². The van der Waals surface area contributed by atoms with Gasteiger partial charge < -0.3 is 14.9 Å². The van der Waals surface area contributed by atoms with E-state index in [0.29, 0.717) is 11.3 Å². The zero-order valence-corrected chi connectivity index (χ0v) is 11.0. The van der Waals surface area contributed by atoms with Gasteiger partial charge in [-0.2, -0.15) is 0 Å². The van der Waals surface area contributed by atoms with Gasteiger partial charge in [0.25, 0.3) is 0 Å². The van der Waals surface area contributed by atoms with Crippen molar-refractivity contribution in [1.82, 2.24) is 0 Å². The summed E-state index contributed by atoms with van der Waals surface area (Å²) < 4.78 is 4.86. The number of methoxy groups -OCH3 is 1. The van der Waals surface area contributed by atoms with E-state index in [0.717, 1.165) is 6.08 Å². The standard InChI is InChI=1S/C10H10O4.Sn/c1-14-9-6-7(2-4-8(9)11)3-5-10(12)13;/h2-6,11H,1H3,(H,12,13);/b5-3+;. The molecule has 0 unspecified atom stereocenters. The molecule has 0 heterocycles. The van der Waals surface area contributed by atoms with Crippen molar-refractivity contribution < 1.29 is 19.7 Å². The number of phenolic OH excluding ortho intramolecular Hbond substituents is 1. The Morgan fingerprint density at radius 1 is 1.47 bits per heavy atom. The summed E-state index contributed by atoms with van der Waals surface area (Å²) in [6.45, 7) is 0. The van der Waals surface area contributed by atoms with Crippen LogP contribution in [0.1, 0.15) is 5.56 Å². The Hall–Kier alpha value is -1.17. The van der Waals surface area contributed by atoms with Gasteiger partial charge in [-0.05, 0) is 23.8 Å². The van der Waals surface area contributed by atoms with Gasteiger partial charge in [-0.1, -0.05) is 6.07 Å². The van der Waals surface area contributed by atoms with Gasteiger partial charge in [-0.3, -0.25) is 0 Å². The molecule has 78 valence electrons. The van der Waals surface area contributed by atoms with Crippen LogP contribution < -0.4 is 4.74 Å². The zero-order valence-electron chi connectivity index (χ0n) is 8.10. The minimum Gasteiger partial charge on any atom is -0.504 e. The SMILES string of the molecule is COc1cc(/C=C/C(=O)O)ccc1O.[Sn]. The zero-order chi connectivity index (χ0) is 10.6. The molecule has 0 amide bonds. The molecule has 4 nitrogen and oxygen atoms in total. The average molecular weight is 313 g/mol. The molecule has 4 radical (unpaired) electrons. The van der Waals surface area contributed by atoms with Gasteiger partial charge in [-0.15, -0.1) is 0 Å². The summed E-state index contributed by atoms with van der Waals surface area (Å²) in [6, 6.07) is 4.59. The molecule has 1 aromatic carbocycles. The second kappa shape index (κ2) is 6.34. The number of ether oxygens (including phenoxy) is 1. The van der Waals surface area contributed by atoms with Crippen LogP contribution in [0.2, 0.25) is 0 Å². The summed E-state index contributed by atoms with van der Waals surface area (Å²) in [5.74, 6) is -0.672. The topological polar surface area (TPSA) is 66.8 Å². The van der Waals surface area contributed by atoms with Crippen LogP contribution >= 0.6 is 0 Å². The van der Waals surface area contributed by atoms with Gasteiger partial charge >= 0.3 is 5.97 Å². The van der Waals surface area contributed by atoms with Crippen LogP contribution in [0.15, 0.2) is 24.3 Å². The molecule has 0 saturated carbocycles. The molecular weight excluding hydrogens is 303 g/mol. The number of rotatable bonds is 3. The molecule has 0 aromatic heterocycles. The van der Waals surface area contributed by atoms with Crippen molar-refractivity contribution in [3.8, 4) is 11.5 Å². The van der Waals surface area contributed by atoms with E-state index < -0.39 is 5.97 Å². The van der Waals surface area contributed by atoms with E-state index in [4.69, 9.17) is 9.84 Å². The Labute approximate surface area is 104 Å². The van der Waals surface area contributed by atoms with E-state index in [2.05, 4.69) is 0 Å². The normalized spacial score (nSPS) is 9.67. The molecule has 0 bridgehead atoms. The van der Waals surface area contributed by atoms with Crippen LogP contribution in [-0.2, 0) is 4.79 Å². The molecular formula is C10H10O4Sn. The Kier molecular flexibility index (Phi) is 5.84. The fourth-order valence-corrected chi connectivity index (χ4v) is 0.965. The second-order valence-corrected chi connectivity index (χ2v) is 2.60. The predicted octanol–water partition coefficient (Wildman–Crippen LogP) is 1.12. The number of benzene rings is 1. The average Bonchev–Trinajstić information content (AvgIpc) is 2.16. The summed E-state index contributed by atoms with van der Waals surface area (Å²) in [5, 5.41) is 17.6. The molecule has 15 heavy (non-hydrogen) atoms. The van der Waals surface area contributed by atoms with E-state index in [1.807, 2.05) is 0 Å². The number of carboxylic acid groups (broad SMARTS) is 1. The molecule has 0 aliphatic heterocycles. The van der Waals surface area contributed by atoms with Crippen molar-refractivity contribution in [3.05, 3.63) is 29.8 Å². The maximum Gasteiger partial charge on any atom is 0.328 e. The first kappa shape index (κ1) is 13.8. The minimum atomic E-state index is -1.02. The third kappa shape index (κ3) is 4.24. The van der Waals surface area contributed by atoms with E-state index in [1.165, 1.54) is 19.3 Å². The van der Waals surface area contributed by atoms with E-state index in [9.17, 15) is 9.90 Å². The number of aromatic hydroxyl groups is 1. The van der Waals surface area contributed by atoms with E-state index >= 15 is 0 Å². The number of hydrogen-bond acceptors (Lipinski definition) is 3. The molecule has 2 N–H and O–H groups in total. The maximum absolute atomic E-state index is 10.2. The Bertz CT molecular complexity index is 374. The third-order valence-electron chi connectivity index (χ3n) is 1.62. The molecule has 0 aliphatic carbocycles. The Balaban J connectivity index is 0.00000196. The van der Waals surface area contributed by atoms with Crippen molar-refractivity contribution in [1.29, 1.82) is 0 Å². The molecule has 0 atom stereocenters. The molecule has 5 heteroatoms. The largest absolute Gasteiger partial charge is 0.504 e. The van der Waals surface area contributed by atoms with Crippen molar-refractivity contribution in [3.63, 3.8) is 0 Å². The summed E-state index contributed by atoms with van der Waals surface area (Å²) in [5.41, 5.74) is 0.655. The van der Waals surface area contributed by atoms with Crippen molar-refractivity contribution in [2.75, 3.05) is 7.11 Å². The van der Waals surface area contributed by atoms with Crippen LogP contribution in [0.5, 0.6) is 11.5 Å².